The van der Waals surface area contributed by atoms with Crippen LogP contribution in [0.4, 0.5) is 4.39 Å². The molecule has 1 aromatic carbocycles. The van der Waals surface area contributed by atoms with Gasteiger partial charge in [0.05, 0.1) is 12.6 Å². The topological polar surface area (TPSA) is 49.4 Å². The van der Waals surface area contributed by atoms with Gasteiger partial charge in [0.25, 0.3) is 0 Å². The number of hydrogen-bond acceptors (Lipinski definition) is 3. The van der Waals surface area contributed by atoms with Gasteiger partial charge in [0.15, 0.2) is 0 Å². The van der Waals surface area contributed by atoms with Gasteiger partial charge in [-0.05, 0) is 17.7 Å². The third-order valence-electron chi connectivity index (χ3n) is 2.44. The molecular formula is C10H8FLiO3. The summed E-state index contributed by atoms with van der Waals surface area (Å²) in [6.45, 7) is 0.394. The Morgan fingerprint density at radius 1 is 1.40 bits per heavy atom. The van der Waals surface area contributed by atoms with Gasteiger partial charge in [-0.25, -0.2) is 4.39 Å². The van der Waals surface area contributed by atoms with Gasteiger partial charge in [-0.3, -0.25) is 0 Å². The summed E-state index contributed by atoms with van der Waals surface area (Å²) in [4.78, 5) is 10.9. The molecule has 0 radical (unpaired) electrons. The SMILES string of the molecule is O=C([O-])C1(c2ccc(F)cc2)CCO1.[Li+]. The summed E-state index contributed by atoms with van der Waals surface area (Å²) in [6.07, 6.45) is 0.376. The molecule has 1 fully saturated rings. The number of rotatable bonds is 2. The average Bonchev–Trinajstić information content (AvgIpc) is 2.05. The molecule has 1 aliphatic rings. The average molecular weight is 202 g/mol. The first kappa shape index (κ1) is 12.2. The number of aliphatic carboxylic acids is 1. The van der Waals surface area contributed by atoms with Crippen molar-refractivity contribution in [2.24, 2.45) is 0 Å². The molecule has 2 rings (SSSR count). The Morgan fingerprint density at radius 2 is 1.93 bits per heavy atom. The van der Waals surface area contributed by atoms with Gasteiger partial charge < -0.3 is 14.6 Å². The van der Waals surface area contributed by atoms with E-state index >= 15 is 0 Å². The zero-order chi connectivity index (χ0) is 10.2. The molecule has 0 N–H and O–H groups in total. The van der Waals surface area contributed by atoms with E-state index in [1.165, 1.54) is 24.3 Å². The second-order valence-electron chi connectivity index (χ2n) is 3.22. The van der Waals surface area contributed by atoms with Gasteiger partial charge in [0.1, 0.15) is 11.4 Å². The molecule has 0 saturated carbocycles. The molecule has 1 aromatic rings. The van der Waals surface area contributed by atoms with Crippen LogP contribution in [0.5, 0.6) is 0 Å². The smallest absolute Gasteiger partial charge is 0.547 e. The Labute approximate surface area is 98.4 Å². The Hall–Kier alpha value is -0.823. The standard InChI is InChI=1S/C10H9FO3.Li/c11-8-3-1-7(2-4-8)10(9(12)13)5-6-14-10;/h1-4H,5-6H2,(H,12,13);/q;+1/p-1. The van der Waals surface area contributed by atoms with E-state index in [2.05, 4.69) is 0 Å². The van der Waals surface area contributed by atoms with Crippen molar-refractivity contribution < 1.29 is 37.9 Å². The molecule has 1 unspecified atom stereocenters. The van der Waals surface area contributed by atoms with Gasteiger partial charge in [-0.2, -0.15) is 0 Å². The van der Waals surface area contributed by atoms with Gasteiger partial charge in [-0.1, -0.05) is 12.1 Å². The summed E-state index contributed by atoms with van der Waals surface area (Å²) < 4.78 is 17.6. The predicted molar refractivity (Wildman–Crippen MR) is 43.7 cm³/mol. The molecule has 0 bridgehead atoms. The van der Waals surface area contributed by atoms with E-state index in [0.717, 1.165) is 0 Å². The van der Waals surface area contributed by atoms with Crippen molar-refractivity contribution in [3.8, 4) is 0 Å². The number of carboxylic acid groups (broad SMARTS) is 1. The maximum atomic E-state index is 12.6. The fourth-order valence-corrected chi connectivity index (χ4v) is 1.53. The summed E-state index contributed by atoms with van der Waals surface area (Å²) >= 11 is 0. The number of benzene rings is 1. The maximum absolute atomic E-state index is 12.6. The molecule has 0 aromatic heterocycles. The Kier molecular flexibility index (Phi) is 3.56. The summed E-state index contributed by atoms with van der Waals surface area (Å²) in [5.74, 6) is -1.67. The quantitative estimate of drug-likeness (QED) is 0.486. The van der Waals surface area contributed by atoms with E-state index in [-0.39, 0.29) is 18.9 Å². The fourth-order valence-electron chi connectivity index (χ4n) is 1.53. The van der Waals surface area contributed by atoms with E-state index in [1.54, 1.807) is 0 Å². The van der Waals surface area contributed by atoms with E-state index in [1.807, 2.05) is 0 Å². The van der Waals surface area contributed by atoms with Crippen molar-refractivity contribution >= 4 is 5.97 Å². The van der Waals surface area contributed by atoms with Crippen LogP contribution in [0.3, 0.4) is 0 Å². The van der Waals surface area contributed by atoms with Crippen LogP contribution in [0.2, 0.25) is 0 Å². The molecule has 0 aliphatic carbocycles. The van der Waals surface area contributed by atoms with E-state index in [4.69, 9.17) is 4.74 Å². The molecule has 1 heterocycles. The summed E-state index contributed by atoms with van der Waals surface area (Å²) in [5.41, 5.74) is -0.918. The first-order chi connectivity index (χ1) is 6.65. The zero-order valence-electron chi connectivity index (χ0n) is 8.33. The molecule has 1 atom stereocenters. The van der Waals surface area contributed by atoms with Crippen LogP contribution in [-0.4, -0.2) is 12.6 Å². The Bertz CT molecular complexity index is 359. The molecule has 74 valence electrons. The van der Waals surface area contributed by atoms with Gasteiger partial charge in [0.2, 0.25) is 0 Å². The molecule has 15 heavy (non-hydrogen) atoms. The largest absolute Gasteiger partial charge is 1.00 e. The Morgan fingerprint density at radius 3 is 2.27 bits per heavy atom. The maximum Gasteiger partial charge on any atom is 1.00 e. The van der Waals surface area contributed by atoms with E-state index < -0.39 is 17.4 Å². The number of carboxylic acids is 1. The molecule has 5 heteroatoms. The predicted octanol–water partition coefficient (Wildman–Crippen LogP) is -2.80. The molecule has 1 aliphatic heterocycles. The molecular weight excluding hydrogens is 194 g/mol. The van der Waals surface area contributed by atoms with Crippen LogP contribution in [-0.2, 0) is 15.1 Å². The minimum atomic E-state index is -1.35. The van der Waals surface area contributed by atoms with Crippen LogP contribution in [0.25, 0.3) is 0 Å². The van der Waals surface area contributed by atoms with Gasteiger partial charge in [-0.15, -0.1) is 0 Å². The van der Waals surface area contributed by atoms with Crippen molar-refractivity contribution in [2.45, 2.75) is 12.0 Å². The van der Waals surface area contributed by atoms with Crippen molar-refractivity contribution in [1.82, 2.24) is 0 Å². The first-order valence-electron chi connectivity index (χ1n) is 4.26. The van der Waals surface area contributed by atoms with Crippen LogP contribution < -0.4 is 24.0 Å². The van der Waals surface area contributed by atoms with Crippen molar-refractivity contribution in [1.29, 1.82) is 0 Å². The summed E-state index contributed by atoms with van der Waals surface area (Å²) in [6, 6.07) is 5.23. The normalized spacial score (nSPS) is 23.8. The Balaban J connectivity index is 0.00000112. The number of halogens is 1. The third-order valence-corrected chi connectivity index (χ3v) is 2.44. The monoisotopic (exact) mass is 202 g/mol. The van der Waals surface area contributed by atoms with Crippen molar-refractivity contribution in [3.05, 3.63) is 35.6 Å². The molecule has 3 nitrogen and oxygen atoms in total. The molecule has 0 spiro atoms. The molecule has 0 amide bonds. The summed E-state index contributed by atoms with van der Waals surface area (Å²) in [7, 11) is 0. The second-order valence-corrected chi connectivity index (χ2v) is 3.22. The van der Waals surface area contributed by atoms with Crippen molar-refractivity contribution in [2.75, 3.05) is 6.61 Å². The van der Waals surface area contributed by atoms with Crippen LogP contribution in [0.15, 0.2) is 24.3 Å². The first-order valence-corrected chi connectivity index (χ1v) is 4.26. The van der Waals surface area contributed by atoms with E-state index in [0.29, 0.717) is 18.6 Å². The minimum Gasteiger partial charge on any atom is -0.547 e. The number of carbonyl (C=O) groups is 1. The van der Waals surface area contributed by atoms with Gasteiger partial charge >= 0.3 is 18.9 Å². The van der Waals surface area contributed by atoms with Crippen LogP contribution in [0, 0.1) is 5.82 Å². The van der Waals surface area contributed by atoms with Crippen LogP contribution in [0.1, 0.15) is 12.0 Å². The summed E-state index contributed by atoms with van der Waals surface area (Å²) in [5, 5.41) is 10.9. The van der Waals surface area contributed by atoms with Gasteiger partial charge in [0, 0.05) is 6.42 Å². The molecule has 1 saturated heterocycles. The zero-order valence-corrected chi connectivity index (χ0v) is 8.33. The van der Waals surface area contributed by atoms with Crippen LogP contribution >= 0.6 is 0 Å². The number of carbonyl (C=O) groups excluding carboxylic acids is 1. The van der Waals surface area contributed by atoms with Crippen molar-refractivity contribution in [3.63, 3.8) is 0 Å². The third kappa shape index (κ3) is 1.93. The minimum absolute atomic E-state index is 0. The fraction of sp³-hybridized carbons (Fsp3) is 0.300. The second kappa shape index (κ2) is 4.36. The van der Waals surface area contributed by atoms with E-state index in [9.17, 15) is 14.3 Å². The number of hydrogen-bond donors (Lipinski definition) is 0. The number of ether oxygens (including phenoxy) is 1.